The molecule has 0 atom stereocenters. The maximum Gasteiger partial charge on any atom is 0.261 e. The van der Waals surface area contributed by atoms with Gasteiger partial charge in [-0.1, -0.05) is 15.9 Å². The fourth-order valence-electron chi connectivity index (χ4n) is 2.14. The van der Waals surface area contributed by atoms with Gasteiger partial charge in [0.2, 0.25) is 0 Å². The first-order valence-electron chi connectivity index (χ1n) is 6.45. The van der Waals surface area contributed by atoms with Crippen LogP contribution >= 0.6 is 15.9 Å². The quantitative estimate of drug-likeness (QED) is 0.793. The largest absolute Gasteiger partial charge is 0.388 e. The molecule has 2 heterocycles. The van der Waals surface area contributed by atoms with E-state index in [1.165, 1.54) is 0 Å². The smallest absolute Gasteiger partial charge is 0.261 e. The maximum absolute atomic E-state index is 12.5. The van der Waals surface area contributed by atoms with Gasteiger partial charge in [-0.3, -0.25) is 14.3 Å². The maximum atomic E-state index is 12.5. The van der Waals surface area contributed by atoms with Crippen molar-refractivity contribution < 1.29 is 0 Å². The van der Waals surface area contributed by atoms with E-state index in [9.17, 15) is 4.79 Å². The molecule has 1 aromatic carbocycles. The Hall–Kier alpha value is -2.21. The molecule has 5 nitrogen and oxygen atoms in total. The van der Waals surface area contributed by atoms with Crippen molar-refractivity contribution in [3.05, 3.63) is 63.4 Å². The number of rotatable bonds is 3. The number of fused-ring (bicyclic) bond motifs is 1. The Kier molecular flexibility index (Phi) is 3.70. The van der Waals surface area contributed by atoms with Crippen LogP contribution in [0.4, 0.5) is 5.69 Å². The molecule has 0 saturated carbocycles. The number of nitrogens with one attached hydrogen (secondary N) is 1. The minimum atomic E-state index is -0.0713. The van der Waals surface area contributed by atoms with Crippen molar-refractivity contribution in [1.29, 1.82) is 0 Å². The van der Waals surface area contributed by atoms with Crippen molar-refractivity contribution in [2.45, 2.75) is 6.54 Å². The van der Waals surface area contributed by atoms with Gasteiger partial charge < -0.3 is 5.32 Å². The number of nitrogens with zero attached hydrogens (tertiary/aromatic N) is 3. The second-order valence-corrected chi connectivity index (χ2v) is 5.54. The number of benzene rings is 1. The first-order valence-corrected chi connectivity index (χ1v) is 7.24. The van der Waals surface area contributed by atoms with E-state index in [4.69, 9.17) is 0 Å². The van der Waals surface area contributed by atoms with Gasteiger partial charge in [-0.05, 0) is 30.3 Å². The number of pyridine rings is 1. The van der Waals surface area contributed by atoms with Crippen LogP contribution in [-0.2, 0) is 6.54 Å². The third kappa shape index (κ3) is 2.80. The number of halogens is 1. The first-order chi connectivity index (χ1) is 10.2. The monoisotopic (exact) mass is 344 g/mol. The molecular formula is C15H13BrN4O. The van der Waals surface area contributed by atoms with Crippen LogP contribution in [0.2, 0.25) is 0 Å². The number of anilines is 1. The summed E-state index contributed by atoms with van der Waals surface area (Å²) in [5.74, 6) is 0. The molecule has 106 valence electrons. The molecule has 1 N–H and O–H groups in total. The molecule has 0 aliphatic carbocycles. The minimum Gasteiger partial charge on any atom is -0.388 e. The fourth-order valence-corrected chi connectivity index (χ4v) is 2.50. The van der Waals surface area contributed by atoms with Gasteiger partial charge >= 0.3 is 0 Å². The zero-order valence-corrected chi connectivity index (χ0v) is 13.0. The van der Waals surface area contributed by atoms with Gasteiger partial charge in [0.15, 0.2) is 0 Å². The summed E-state index contributed by atoms with van der Waals surface area (Å²) in [5.41, 5.74) is 2.39. The van der Waals surface area contributed by atoms with E-state index in [1.54, 1.807) is 23.2 Å². The number of aromatic nitrogens is 3. The van der Waals surface area contributed by atoms with Crippen molar-refractivity contribution >= 4 is 32.5 Å². The van der Waals surface area contributed by atoms with Crippen LogP contribution in [0.1, 0.15) is 5.69 Å². The lowest BCUT2D eigenvalue weighted by atomic mass is 10.2. The summed E-state index contributed by atoms with van der Waals surface area (Å²) >= 11 is 3.38. The average molecular weight is 345 g/mol. The van der Waals surface area contributed by atoms with E-state index < -0.39 is 0 Å². The van der Waals surface area contributed by atoms with E-state index >= 15 is 0 Å². The first kappa shape index (κ1) is 13.8. The highest BCUT2D eigenvalue weighted by molar-refractivity contribution is 9.10. The fraction of sp³-hybridized carbons (Fsp3) is 0.133. The Balaban J connectivity index is 2.04. The van der Waals surface area contributed by atoms with E-state index in [1.807, 2.05) is 31.3 Å². The molecule has 0 aliphatic heterocycles. The zero-order chi connectivity index (χ0) is 14.8. The zero-order valence-electron chi connectivity index (χ0n) is 11.4. The standard InChI is InChI=1S/C15H13BrN4O/c1-17-11-4-5-18-12(7-11)8-20-9-19-14-3-2-10(16)6-13(14)15(20)21/h2-7,9H,8H2,1H3,(H,17,18). The van der Waals surface area contributed by atoms with Crippen LogP contribution in [-0.4, -0.2) is 21.6 Å². The van der Waals surface area contributed by atoms with Crippen LogP contribution in [0.3, 0.4) is 0 Å². The number of hydrogen-bond acceptors (Lipinski definition) is 4. The molecular weight excluding hydrogens is 332 g/mol. The van der Waals surface area contributed by atoms with Gasteiger partial charge in [-0.15, -0.1) is 0 Å². The van der Waals surface area contributed by atoms with Crippen molar-refractivity contribution in [2.24, 2.45) is 0 Å². The normalized spacial score (nSPS) is 10.8. The Morgan fingerprint density at radius 2 is 2.10 bits per heavy atom. The lowest BCUT2D eigenvalue weighted by Crippen LogP contribution is -2.21. The highest BCUT2D eigenvalue weighted by Gasteiger charge is 2.06. The molecule has 0 aliphatic rings. The molecule has 0 bridgehead atoms. The van der Waals surface area contributed by atoms with Gasteiger partial charge in [-0.2, -0.15) is 0 Å². The molecule has 0 amide bonds. The number of hydrogen-bond donors (Lipinski definition) is 1. The summed E-state index contributed by atoms with van der Waals surface area (Å²) in [4.78, 5) is 21.1. The highest BCUT2D eigenvalue weighted by atomic mass is 79.9. The van der Waals surface area contributed by atoms with E-state index in [0.717, 1.165) is 15.9 Å². The summed E-state index contributed by atoms with van der Waals surface area (Å²) in [6.07, 6.45) is 3.28. The molecule has 3 rings (SSSR count). The molecule has 0 spiro atoms. The Labute approximate surface area is 129 Å². The average Bonchev–Trinajstić information content (AvgIpc) is 2.51. The Morgan fingerprint density at radius 1 is 1.24 bits per heavy atom. The van der Waals surface area contributed by atoms with Crippen LogP contribution in [0.15, 0.2) is 52.1 Å². The van der Waals surface area contributed by atoms with Gasteiger partial charge in [-0.25, -0.2) is 4.98 Å². The Morgan fingerprint density at radius 3 is 2.90 bits per heavy atom. The molecule has 21 heavy (non-hydrogen) atoms. The van der Waals surface area contributed by atoms with Crippen LogP contribution in [0.5, 0.6) is 0 Å². The lowest BCUT2D eigenvalue weighted by molar-refractivity contribution is 0.730. The summed E-state index contributed by atoms with van der Waals surface area (Å²) in [7, 11) is 1.85. The highest BCUT2D eigenvalue weighted by Crippen LogP contribution is 2.15. The predicted octanol–water partition coefficient (Wildman–Crippen LogP) is 2.64. The van der Waals surface area contributed by atoms with Gasteiger partial charge in [0.25, 0.3) is 5.56 Å². The topological polar surface area (TPSA) is 59.8 Å². The van der Waals surface area contributed by atoms with Crippen LogP contribution < -0.4 is 10.9 Å². The second-order valence-electron chi connectivity index (χ2n) is 4.62. The van der Waals surface area contributed by atoms with Crippen LogP contribution in [0.25, 0.3) is 10.9 Å². The van der Waals surface area contributed by atoms with Gasteiger partial charge in [0, 0.05) is 23.4 Å². The molecule has 0 saturated heterocycles. The molecule has 0 unspecified atom stereocenters. The minimum absolute atomic E-state index is 0.0713. The van der Waals surface area contributed by atoms with Crippen molar-refractivity contribution in [3.8, 4) is 0 Å². The SMILES string of the molecule is CNc1ccnc(Cn2cnc3ccc(Br)cc3c2=O)c1. The van der Waals surface area contributed by atoms with Gasteiger partial charge in [0.1, 0.15) is 0 Å². The van der Waals surface area contributed by atoms with E-state index in [0.29, 0.717) is 17.4 Å². The third-order valence-electron chi connectivity index (χ3n) is 3.22. The van der Waals surface area contributed by atoms with Crippen molar-refractivity contribution in [2.75, 3.05) is 12.4 Å². The third-order valence-corrected chi connectivity index (χ3v) is 3.72. The van der Waals surface area contributed by atoms with E-state index in [-0.39, 0.29) is 5.56 Å². The summed E-state index contributed by atoms with van der Waals surface area (Å²) < 4.78 is 2.43. The van der Waals surface area contributed by atoms with Crippen LogP contribution in [0, 0.1) is 0 Å². The summed E-state index contributed by atoms with van der Waals surface area (Å²) in [5, 5.41) is 3.65. The summed E-state index contributed by atoms with van der Waals surface area (Å²) in [6, 6.07) is 9.28. The Bertz CT molecular complexity index is 860. The predicted molar refractivity (Wildman–Crippen MR) is 86.6 cm³/mol. The molecule has 0 fully saturated rings. The summed E-state index contributed by atoms with van der Waals surface area (Å²) in [6.45, 7) is 0.393. The van der Waals surface area contributed by atoms with Crippen molar-refractivity contribution in [3.63, 3.8) is 0 Å². The van der Waals surface area contributed by atoms with E-state index in [2.05, 4.69) is 31.2 Å². The molecule has 2 aromatic heterocycles. The van der Waals surface area contributed by atoms with Crippen molar-refractivity contribution in [1.82, 2.24) is 14.5 Å². The molecule has 6 heteroatoms. The lowest BCUT2D eigenvalue weighted by Gasteiger charge is -2.07. The second kappa shape index (κ2) is 5.65. The van der Waals surface area contributed by atoms with Gasteiger partial charge in [0.05, 0.1) is 29.5 Å². The molecule has 0 radical (unpaired) electrons. The molecule has 3 aromatic rings.